The van der Waals surface area contributed by atoms with E-state index in [1.54, 1.807) is 26.0 Å². The maximum atomic E-state index is 12.7. The summed E-state index contributed by atoms with van der Waals surface area (Å²) >= 11 is 1.17. The van der Waals surface area contributed by atoms with Gasteiger partial charge >= 0.3 is 12.0 Å². The molecule has 7 heteroatoms. The fraction of sp³-hybridized carbons (Fsp3) is 0.417. The molecule has 3 N–H and O–H groups in total. The van der Waals surface area contributed by atoms with Crippen molar-refractivity contribution in [2.45, 2.75) is 63.9 Å². The smallest absolute Gasteiger partial charge is 0.337 e. The van der Waals surface area contributed by atoms with E-state index in [-0.39, 0.29) is 17.9 Å². The van der Waals surface area contributed by atoms with Crippen molar-refractivity contribution in [3.63, 3.8) is 0 Å². The molecule has 6 nitrogen and oxygen atoms in total. The van der Waals surface area contributed by atoms with Gasteiger partial charge in [-0.3, -0.25) is 4.72 Å². The molecule has 2 rings (SSSR count). The second-order valence-electron chi connectivity index (χ2n) is 8.58. The first kappa shape index (κ1) is 24.8. The van der Waals surface area contributed by atoms with Crippen LogP contribution in [0.4, 0.5) is 10.5 Å². The number of hydrogen-bond donors (Lipinski definition) is 3. The number of amides is 2. The monoisotopic (exact) mass is 444 g/mol. The van der Waals surface area contributed by atoms with E-state index in [9.17, 15) is 14.7 Å². The fourth-order valence-electron chi connectivity index (χ4n) is 3.16. The van der Waals surface area contributed by atoms with Crippen LogP contribution >= 0.6 is 11.9 Å². The van der Waals surface area contributed by atoms with Gasteiger partial charge in [-0.15, -0.1) is 0 Å². The van der Waals surface area contributed by atoms with Crippen molar-refractivity contribution in [1.29, 1.82) is 0 Å². The average molecular weight is 445 g/mol. The Morgan fingerprint density at radius 2 is 1.61 bits per heavy atom. The predicted molar refractivity (Wildman–Crippen MR) is 126 cm³/mol. The van der Waals surface area contributed by atoms with Crippen molar-refractivity contribution in [2.75, 3.05) is 12.4 Å². The lowest BCUT2D eigenvalue weighted by Gasteiger charge is -2.22. The summed E-state index contributed by atoms with van der Waals surface area (Å²) < 4.78 is 7.69. The van der Waals surface area contributed by atoms with Gasteiger partial charge in [0.05, 0.1) is 18.3 Å². The minimum absolute atomic E-state index is 0.0912. The number of carbonyl (C=O) groups is 2. The van der Waals surface area contributed by atoms with Gasteiger partial charge in [0.25, 0.3) is 0 Å². The molecule has 0 saturated heterocycles. The molecule has 2 amide bonds. The standard InChI is InChI=1S/C24H32N2O4S/c1-14(2)19-11-16(22(27)30-7)12-20(15(3)4)21(19)25-23(28)26-31-18-10-8-9-17(13-18)24(5,6)29/h8-15,29H,1-7H3,(H2,25,26,28). The van der Waals surface area contributed by atoms with Gasteiger partial charge < -0.3 is 15.2 Å². The highest BCUT2D eigenvalue weighted by Crippen LogP contribution is 2.34. The van der Waals surface area contributed by atoms with Crippen LogP contribution in [0.3, 0.4) is 0 Å². The van der Waals surface area contributed by atoms with E-state index in [1.807, 2.05) is 52.0 Å². The Labute approximate surface area is 188 Å². The maximum Gasteiger partial charge on any atom is 0.337 e. The second-order valence-corrected chi connectivity index (χ2v) is 9.46. The first-order chi connectivity index (χ1) is 14.4. The summed E-state index contributed by atoms with van der Waals surface area (Å²) in [5.41, 5.74) is 2.73. The molecule has 0 aliphatic carbocycles. The van der Waals surface area contributed by atoms with Gasteiger partial charge in [0.2, 0.25) is 0 Å². The number of methoxy groups -OCH3 is 1. The zero-order valence-electron chi connectivity index (χ0n) is 19.2. The number of ether oxygens (including phenoxy) is 1. The lowest BCUT2D eigenvalue weighted by molar-refractivity contribution is 0.0600. The number of aliphatic hydroxyl groups is 1. The molecule has 0 spiro atoms. The summed E-state index contributed by atoms with van der Waals surface area (Å²) in [5.74, 6) is -0.218. The SMILES string of the molecule is COC(=O)c1cc(C(C)C)c(NC(=O)NSc2cccc(C(C)(C)O)c2)c(C(C)C)c1. The third-order valence-corrected chi connectivity index (χ3v) is 5.68. The molecule has 0 bridgehead atoms. The third-order valence-electron chi connectivity index (χ3n) is 4.91. The highest BCUT2D eigenvalue weighted by molar-refractivity contribution is 7.98. The number of benzene rings is 2. The maximum absolute atomic E-state index is 12.7. The number of rotatable bonds is 7. The molecule has 31 heavy (non-hydrogen) atoms. The van der Waals surface area contributed by atoms with Gasteiger partial charge in [-0.2, -0.15) is 0 Å². The molecule has 0 saturated carbocycles. The minimum atomic E-state index is -0.960. The number of hydrogen-bond acceptors (Lipinski definition) is 5. The van der Waals surface area contributed by atoms with Crippen molar-refractivity contribution >= 4 is 29.6 Å². The largest absolute Gasteiger partial charge is 0.465 e. The van der Waals surface area contributed by atoms with E-state index in [2.05, 4.69) is 10.0 Å². The lowest BCUT2D eigenvalue weighted by Crippen LogP contribution is -2.25. The number of esters is 1. The molecule has 2 aromatic rings. The topological polar surface area (TPSA) is 87.7 Å². The number of anilines is 1. The lowest BCUT2D eigenvalue weighted by atomic mass is 9.90. The molecule has 0 aliphatic heterocycles. The van der Waals surface area contributed by atoms with Crippen LogP contribution in [0.25, 0.3) is 0 Å². The Balaban J connectivity index is 2.27. The molecule has 0 heterocycles. The third kappa shape index (κ3) is 6.48. The summed E-state index contributed by atoms with van der Waals surface area (Å²) in [6.07, 6.45) is 0. The Hall–Kier alpha value is -2.51. The van der Waals surface area contributed by atoms with Gasteiger partial charge in [0, 0.05) is 10.6 Å². The Morgan fingerprint density at radius 3 is 2.10 bits per heavy atom. The van der Waals surface area contributed by atoms with Crippen LogP contribution in [0.2, 0.25) is 0 Å². The Kier molecular flexibility index (Phi) is 8.14. The molecular formula is C24H32N2O4S. The molecule has 0 fully saturated rings. The minimum Gasteiger partial charge on any atom is -0.465 e. The molecule has 0 aliphatic rings. The van der Waals surface area contributed by atoms with Crippen LogP contribution in [-0.4, -0.2) is 24.2 Å². The number of carbonyl (C=O) groups excluding carboxylic acids is 2. The second kappa shape index (κ2) is 10.2. The molecule has 0 atom stereocenters. The fourth-order valence-corrected chi connectivity index (χ4v) is 3.76. The predicted octanol–water partition coefficient (Wildman–Crippen LogP) is 5.78. The summed E-state index contributed by atoms with van der Waals surface area (Å²) in [6.45, 7) is 11.5. The van der Waals surface area contributed by atoms with Crippen LogP contribution in [0, 0.1) is 0 Å². The van der Waals surface area contributed by atoms with Crippen molar-refractivity contribution in [2.24, 2.45) is 0 Å². The molecule has 2 aromatic carbocycles. The van der Waals surface area contributed by atoms with Crippen LogP contribution in [-0.2, 0) is 10.3 Å². The molecule has 0 radical (unpaired) electrons. The molecule has 0 unspecified atom stereocenters. The van der Waals surface area contributed by atoms with Gasteiger partial charge in [-0.25, -0.2) is 9.59 Å². The Bertz CT molecular complexity index is 920. The van der Waals surface area contributed by atoms with Crippen LogP contribution in [0.15, 0.2) is 41.3 Å². The zero-order chi connectivity index (χ0) is 23.3. The summed E-state index contributed by atoms with van der Waals surface area (Å²) in [5, 5.41) is 13.2. The summed E-state index contributed by atoms with van der Waals surface area (Å²) in [6, 6.07) is 10.6. The zero-order valence-corrected chi connectivity index (χ0v) is 20.0. The van der Waals surface area contributed by atoms with Gasteiger partial charge in [-0.05, 0) is 78.6 Å². The average Bonchev–Trinajstić information content (AvgIpc) is 2.70. The van der Waals surface area contributed by atoms with Crippen LogP contribution in [0.1, 0.15) is 80.4 Å². The summed E-state index contributed by atoms with van der Waals surface area (Å²) in [4.78, 5) is 25.6. The normalized spacial score (nSPS) is 11.5. The highest BCUT2D eigenvalue weighted by Gasteiger charge is 2.21. The number of urea groups is 1. The number of nitrogens with one attached hydrogen (secondary N) is 2. The van der Waals surface area contributed by atoms with E-state index < -0.39 is 11.6 Å². The molecule has 168 valence electrons. The summed E-state index contributed by atoms with van der Waals surface area (Å²) in [7, 11) is 1.36. The van der Waals surface area contributed by atoms with E-state index in [1.165, 1.54) is 19.1 Å². The highest BCUT2D eigenvalue weighted by atomic mass is 32.2. The van der Waals surface area contributed by atoms with E-state index in [0.717, 1.165) is 21.6 Å². The first-order valence-electron chi connectivity index (χ1n) is 10.3. The van der Waals surface area contributed by atoms with Crippen LogP contribution in [0.5, 0.6) is 0 Å². The quantitative estimate of drug-likeness (QED) is 0.372. The van der Waals surface area contributed by atoms with Crippen molar-refractivity contribution in [1.82, 2.24) is 4.72 Å². The van der Waals surface area contributed by atoms with Crippen molar-refractivity contribution in [3.05, 3.63) is 58.7 Å². The first-order valence-corrected chi connectivity index (χ1v) is 11.1. The van der Waals surface area contributed by atoms with E-state index in [4.69, 9.17) is 4.74 Å². The van der Waals surface area contributed by atoms with Gasteiger partial charge in [0.1, 0.15) is 0 Å². The van der Waals surface area contributed by atoms with Crippen molar-refractivity contribution in [3.8, 4) is 0 Å². The van der Waals surface area contributed by atoms with E-state index >= 15 is 0 Å². The van der Waals surface area contributed by atoms with Crippen molar-refractivity contribution < 1.29 is 19.4 Å². The van der Waals surface area contributed by atoms with Crippen LogP contribution < -0.4 is 10.0 Å². The Morgan fingerprint density at radius 1 is 1.03 bits per heavy atom. The van der Waals surface area contributed by atoms with E-state index in [0.29, 0.717) is 11.3 Å². The van der Waals surface area contributed by atoms with Gasteiger partial charge in [-0.1, -0.05) is 39.8 Å². The molecular weight excluding hydrogens is 412 g/mol. The molecule has 0 aromatic heterocycles. The van der Waals surface area contributed by atoms with Gasteiger partial charge in [0.15, 0.2) is 0 Å².